The largest absolute Gasteiger partial charge is 0.324 e. The molecule has 5 rings (SSSR count). The van der Waals surface area contributed by atoms with E-state index in [1.165, 1.54) is 32.9 Å². The van der Waals surface area contributed by atoms with E-state index < -0.39 is 5.82 Å². The number of hydrogen-bond donors (Lipinski definition) is 2. The third-order valence-corrected chi connectivity index (χ3v) is 6.16. The van der Waals surface area contributed by atoms with E-state index in [0.29, 0.717) is 23.5 Å². The van der Waals surface area contributed by atoms with Gasteiger partial charge in [-0.2, -0.15) is 4.98 Å². The molecule has 34 heavy (non-hydrogen) atoms. The predicted molar refractivity (Wildman–Crippen MR) is 130 cm³/mol. The molecule has 0 aliphatic carbocycles. The van der Waals surface area contributed by atoms with Crippen molar-refractivity contribution in [1.82, 2.24) is 29.6 Å². The highest BCUT2D eigenvalue weighted by atomic mass is 19.1. The van der Waals surface area contributed by atoms with Crippen molar-refractivity contribution in [2.75, 3.05) is 11.9 Å². The molecule has 9 heteroatoms. The van der Waals surface area contributed by atoms with Crippen molar-refractivity contribution in [2.45, 2.75) is 52.6 Å². The van der Waals surface area contributed by atoms with E-state index in [-0.39, 0.29) is 16.7 Å². The number of fused-ring (bicyclic) bond motifs is 2. The lowest BCUT2D eigenvalue weighted by molar-refractivity contribution is 0.527. The van der Waals surface area contributed by atoms with E-state index in [0.717, 1.165) is 30.9 Å². The third kappa shape index (κ3) is 3.86. The van der Waals surface area contributed by atoms with Gasteiger partial charge in [-0.1, -0.05) is 26.8 Å². The van der Waals surface area contributed by atoms with Crippen LogP contribution >= 0.6 is 0 Å². The van der Waals surface area contributed by atoms with E-state index in [9.17, 15) is 4.79 Å². The number of nitrogens with one attached hydrogen (secondary N) is 2. The Balaban J connectivity index is 1.63. The first-order chi connectivity index (χ1) is 16.3. The van der Waals surface area contributed by atoms with E-state index in [4.69, 9.17) is 0 Å². The summed E-state index contributed by atoms with van der Waals surface area (Å²) in [6.07, 6.45) is 3.66. The fourth-order valence-electron chi connectivity index (χ4n) is 4.30. The van der Waals surface area contributed by atoms with Gasteiger partial charge in [0.1, 0.15) is 11.1 Å². The number of halogens is 1. The molecule has 1 aromatic carbocycles. The van der Waals surface area contributed by atoms with Crippen LogP contribution in [-0.2, 0) is 24.9 Å². The summed E-state index contributed by atoms with van der Waals surface area (Å²) in [6, 6.07) is 7.87. The lowest BCUT2D eigenvalue weighted by Gasteiger charge is -2.20. The average Bonchev–Trinajstić information content (AvgIpc) is 3.09. The SMILES string of the molecule is CCn1c(=O)c2cnc(Nc3ccc4c(c3)CCNC4)nc2n1-c1cc(C(C)(C)C)ncc1F. The lowest BCUT2D eigenvalue weighted by Crippen LogP contribution is -2.23. The zero-order valence-electron chi connectivity index (χ0n) is 19.8. The van der Waals surface area contributed by atoms with E-state index in [1.54, 1.807) is 6.07 Å². The molecule has 4 aromatic rings. The van der Waals surface area contributed by atoms with Crippen molar-refractivity contribution in [3.63, 3.8) is 0 Å². The normalized spacial score (nSPS) is 13.8. The van der Waals surface area contributed by atoms with Crippen molar-refractivity contribution in [2.24, 2.45) is 0 Å². The highest BCUT2D eigenvalue weighted by molar-refractivity contribution is 5.77. The van der Waals surface area contributed by atoms with Crippen molar-refractivity contribution in [3.05, 3.63) is 69.7 Å². The van der Waals surface area contributed by atoms with Crippen LogP contribution in [0.2, 0.25) is 0 Å². The Morgan fingerprint density at radius 1 is 1.15 bits per heavy atom. The van der Waals surface area contributed by atoms with Crippen molar-refractivity contribution < 1.29 is 4.39 Å². The second kappa shape index (κ2) is 8.32. The maximum absolute atomic E-state index is 15.0. The number of anilines is 2. The molecule has 0 unspecified atom stereocenters. The van der Waals surface area contributed by atoms with Gasteiger partial charge >= 0.3 is 0 Å². The number of benzene rings is 1. The van der Waals surface area contributed by atoms with Gasteiger partial charge in [0.25, 0.3) is 5.56 Å². The van der Waals surface area contributed by atoms with Gasteiger partial charge in [0.05, 0.1) is 6.20 Å². The number of rotatable bonds is 4. The Labute approximate surface area is 196 Å². The van der Waals surface area contributed by atoms with Crippen molar-refractivity contribution >= 4 is 22.7 Å². The Bertz CT molecular complexity index is 1450. The van der Waals surface area contributed by atoms with Crippen LogP contribution < -0.4 is 16.2 Å². The molecule has 0 fully saturated rings. The summed E-state index contributed by atoms with van der Waals surface area (Å²) in [6.45, 7) is 10.0. The van der Waals surface area contributed by atoms with Crippen LogP contribution in [-0.4, -0.2) is 30.9 Å². The minimum Gasteiger partial charge on any atom is -0.324 e. The Kier molecular flexibility index (Phi) is 5.44. The maximum atomic E-state index is 15.0. The molecule has 3 aromatic heterocycles. The minimum atomic E-state index is -0.525. The number of hydrogen-bond acceptors (Lipinski definition) is 6. The molecule has 1 aliphatic heterocycles. The van der Waals surface area contributed by atoms with Gasteiger partial charge in [-0.15, -0.1) is 0 Å². The topological polar surface area (TPSA) is 89.7 Å². The molecule has 0 spiro atoms. The van der Waals surface area contributed by atoms with Crippen LogP contribution in [0.3, 0.4) is 0 Å². The summed E-state index contributed by atoms with van der Waals surface area (Å²) in [7, 11) is 0. The van der Waals surface area contributed by atoms with E-state index in [2.05, 4.69) is 37.7 Å². The highest BCUT2D eigenvalue weighted by Gasteiger charge is 2.23. The second-order valence-electron chi connectivity index (χ2n) is 9.57. The quantitative estimate of drug-likeness (QED) is 0.480. The Morgan fingerprint density at radius 2 is 1.97 bits per heavy atom. The van der Waals surface area contributed by atoms with Gasteiger partial charge in [-0.05, 0) is 49.2 Å². The fourth-order valence-corrected chi connectivity index (χ4v) is 4.30. The Hall–Kier alpha value is -3.59. The van der Waals surface area contributed by atoms with Crippen LogP contribution in [0.15, 0.2) is 41.5 Å². The molecule has 0 atom stereocenters. The summed E-state index contributed by atoms with van der Waals surface area (Å²) in [5.41, 5.74) is 4.19. The molecule has 2 N–H and O–H groups in total. The number of pyridine rings is 1. The van der Waals surface area contributed by atoms with Gasteiger partial charge in [0, 0.05) is 36.1 Å². The predicted octanol–water partition coefficient (Wildman–Crippen LogP) is 3.82. The van der Waals surface area contributed by atoms with Gasteiger partial charge < -0.3 is 10.6 Å². The standard InChI is InChI=1S/C25H28FN7O/c1-5-32-23(34)18-13-29-24(30-17-7-6-16-12-27-9-8-15(16)10-17)31-22(18)33(32)20-11-21(25(2,3)4)28-14-19(20)26/h6-7,10-11,13-14,27H,5,8-9,12H2,1-4H3,(H,29,30,31). The molecule has 176 valence electrons. The molecule has 0 bridgehead atoms. The molecule has 4 heterocycles. The van der Waals surface area contributed by atoms with Crippen molar-refractivity contribution in [3.8, 4) is 5.69 Å². The minimum absolute atomic E-state index is 0.236. The first-order valence-corrected chi connectivity index (χ1v) is 11.5. The summed E-state index contributed by atoms with van der Waals surface area (Å²) in [5.74, 6) is -0.183. The van der Waals surface area contributed by atoms with Crippen LogP contribution in [0, 0.1) is 5.82 Å². The summed E-state index contributed by atoms with van der Waals surface area (Å²) < 4.78 is 18.1. The van der Waals surface area contributed by atoms with Crippen LogP contribution in [0.1, 0.15) is 44.5 Å². The zero-order chi connectivity index (χ0) is 24.0. The maximum Gasteiger partial charge on any atom is 0.278 e. The molecule has 8 nitrogen and oxygen atoms in total. The second-order valence-corrected chi connectivity index (χ2v) is 9.57. The summed E-state index contributed by atoms with van der Waals surface area (Å²) in [4.78, 5) is 26.3. The van der Waals surface area contributed by atoms with Gasteiger partial charge in [-0.25, -0.2) is 18.7 Å². The van der Waals surface area contributed by atoms with Gasteiger partial charge in [-0.3, -0.25) is 9.78 Å². The van der Waals surface area contributed by atoms with E-state index in [1.807, 2.05) is 33.8 Å². The summed E-state index contributed by atoms with van der Waals surface area (Å²) >= 11 is 0. The van der Waals surface area contributed by atoms with E-state index >= 15 is 4.39 Å². The van der Waals surface area contributed by atoms with Crippen LogP contribution in [0.5, 0.6) is 0 Å². The molecule has 0 saturated carbocycles. The zero-order valence-corrected chi connectivity index (χ0v) is 19.8. The van der Waals surface area contributed by atoms with Gasteiger partial charge in [0.2, 0.25) is 5.95 Å². The number of nitrogens with zero attached hydrogens (tertiary/aromatic N) is 5. The summed E-state index contributed by atoms with van der Waals surface area (Å²) in [5, 5.41) is 6.95. The van der Waals surface area contributed by atoms with Crippen molar-refractivity contribution in [1.29, 1.82) is 0 Å². The highest BCUT2D eigenvalue weighted by Crippen LogP contribution is 2.26. The van der Waals surface area contributed by atoms with Crippen LogP contribution in [0.4, 0.5) is 16.0 Å². The number of aromatic nitrogens is 5. The average molecular weight is 462 g/mol. The molecular formula is C25H28FN7O. The van der Waals surface area contributed by atoms with Gasteiger partial charge in [0.15, 0.2) is 11.5 Å². The molecule has 0 amide bonds. The Morgan fingerprint density at radius 3 is 2.74 bits per heavy atom. The smallest absolute Gasteiger partial charge is 0.278 e. The molecule has 1 aliphatic rings. The third-order valence-electron chi connectivity index (χ3n) is 6.16. The first-order valence-electron chi connectivity index (χ1n) is 11.5. The molecule has 0 radical (unpaired) electrons. The first kappa shape index (κ1) is 22.2. The molecular weight excluding hydrogens is 433 g/mol. The van der Waals surface area contributed by atoms with Crippen LogP contribution in [0.25, 0.3) is 16.7 Å². The monoisotopic (exact) mass is 461 g/mol. The fraction of sp³-hybridized carbons (Fsp3) is 0.360. The lowest BCUT2D eigenvalue weighted by atomic mass is 9.91. The molecule has 0 saturated heterocycles.